The molecule has 0 radical (unpaired) electrons. The van der Waals surface area contributed by atoms with E-state index in [0.717, 1.165) is 48.1 Å². The summed E-state index contributed by atoms with van der Waals surface area (Å²) in [5, 5.41) is 7.76. The fourth-order valence-corrected chi connectivity index (χ4v) is 3.85. The molecule has 160 valence electrons. The zero-order valence-corrected chi connectivity index (χ0v) is 20.5. The SMILES string of the molecule is CCc1cnc(CNC(=NC)NCc2ccc(C)cc2OCC2CCCO2)s1.I. The second-order valence-electron chi connectivity index (χ2n) is 6.91. The number of nitrogens with one attached hydrogen (secondary N) is 2. The van der Waals surface area contributed by atoms with Crippen molar-refractivity contribution >= 4 is 41.3 Å². The largest absolute Gasteiger partial charge is 0.491 e. The molecule has 1 unspecified atom stereocenters. The predicted octanol–water partition coefficient (Wildman–Crippen LogP) is 4.05. The van der Waals surface area contributed by atoms with Gasteiger partial charge in [-0.05, 0) is 37.8 Å². The van der Waals surface area contributed by atoms with Crippen molar-refractivity contribution in [1.82, 2.24) is 15.6 Å². The van der Waals surface area contributed by atoms with Crippen LogP contribution in [0.3, 0.4) is 0 Å². The number of aromatic nitrogens is 1. The van der Waals surface area contributed by atoms with Crippen LogP contribution in [0, 0.1) is 6.92 Å². The minimum absolute atomic E-state index is 0. The van der Waals surface area contributed by atoms with Crippen molar-refractivity contribution < 1.29 is 9.47 Å². The normalized spacial score (nSPS) is 16.4. The molecule has 29 heavy (non-hydrogen) atoms. The van der Waals surface area contributed by atoms with E-state index in [1.165, 1.54) is 10.4 Å². The zero-order valence-electron chi connectivity index (χ0n) is 17.4. The Morgan fingerprint density at radius 3 is 2.86 bits per heavy atom. The number of hydrogen-bond donors (Lipinski definition) is 2. The van der Waals surface area contributed by atoms with Crippen LogP contribution < -0.4 is 15.4 Å². The summed E-state index contributed by atoms with van der Waals surface area (Å²) in [6.45, 7) is 6.98. The van der Waals surface area contributed by atoms with E-state index in [0.29, 0.717) is 19.7 Å². The molecule has 0 amide bonds. The lowest BCUT2D eigenvalue weighted by Gasteiger charge is -2.17. The molecule has 2 heterocycles. The molecule has 1 aromatic heterocycles. The van der Waals surface area contributed by atoms with Gasteiger partial charge in [0.1, 0.15) is 17.4 Å². The first-order valence-electron chi connectivity index (χ1n) is 9.90. The van der Waals surface area contributed by atoms with Crippen LogP contribution in [-0.2, 0) is 24.2 Å². The summed E-state index contributed by atoms with van der Waals surface area (Å²) in [4.78, 5) is 10.0. The second kappa shape index (κ2) is 12.3. The molecule has 6 nitrogen and oxygen atoms in total. The van der Waals surface area contributed by atoms with Gasteiger partial charge in [0.25, 0.3) is 0 Å². The van der Waals surface area contributed by atoms with Crippen molar-refractivity contribution in [3.63, 3.8) is 0 Å². The van der Waals surface area contributed by atoms with Gasteiger partial charge in [-0.2, -0.15) is 0 Å². The molecule has 0 spiro atoms. The van der Waals surface area contributed by atoms with Crippen LogP contribution in [0.4, 0.5) is 0 Å². The van der Waals surface area contributed by atoms with Gasteiger partial charge >= 0.3 is 0 Å². The van der Waals surface area contributed by atoms with E-state index in [4.69, 9.17) is 9.47 Å². The van der Waals surface area contributed by atoms with Crippen LogP contribution in [0.2, 0.25) is 0 Å². The van der Waals surface area contributed by atoms with E-state index >= 15 is 0 Å². The quantitative estimate of drug-likeness (QED) is 0.306. The first kappa shape index (κ1) is 23.9. The van der Waals surface area contributed by atoms with Gasteiger partial charge < -0.3 is 20.1 Å². The van der Waals surface area contributed by atoms with Gasteiger partial charge in [-0.15, -0.1) is 35.3 Å². The Hall–Kier alpha value is -1.39. The molecule has 1 aliphatic rings. The highest BCUT2D eigenvalue weighted by Gasteiger charge is 2.17. The number of thiazole rings is 1. The first-order valence-corrected chi connectivity index (χ1v) is 10.7. The second-order valence-corrected chi connectivity index (χ2v) is 8.11. The number of rotatable bonds is 8. The summed E-state index contributed by atoms with van der Waals surface area (Å²) in [7, 11) is 1.78. The molecule has 0 aliphatic carbocycles. The van der Waals surface area contributed by atoms with Crippen LogP contribution >= 0.6 is 35.3 Å². The van der Waals surface area contributed by atoms with Crippen molar-refractivity contribution in [3.05, 3.63) is 45.4 Å². The smallest absolute Gasteiger partial charge is 0.191 e. The van der Waals surface area contributed by atoms with Gasteiger partial charge in [-0.1, -0.05) is 19.1 Å². The summed E-state index contributed by atoms with van der Waals surface area (Å²) in [5.41, 5.74) is 2.29. The molecule has 1 aromatic carbocycles. The number of aliphatic imine (C=N–C) groups is 1. The number of ether oxygens (including phenoxy) is 2. The lowest BCUT2D eigenvalue weighted by Crippen LogP contribution is -2.36. The Morgan fingerprint density at radius 1 is 1.34 bits per heavy atom. The average Bonchev–Trinajstić information content (AvgIpc) is 3.39. The average molecular weight is 530 g/mol. The standard InChI is InChI=1S/C21H30N4O2S.HI/c1-4-18-12-23-20(28-18)13-25-21(22-3)24-11-16-8-7-15(2)10-19(16)27-14-17-6-5-9-26-17;/h7-8,10,12,17H,4-6,9,11,13-14H2,1-3H3,(H2,22,24,25);1H. The molecule has 2 aromatic rings. The van der Waals surface area contributed by atoms with Crippen molar-refractivity contribution in [3.8, 4) is 5.75 Å². The van der Waals surface area contributed by atoms with Crippen LogP contribution in [0.5, 0.6) is 5.75 Å². The Bertz CT molecular complexity index is 791. The predicted molar refractivity (Wildman–Crippen MR) is 130 cm³/mol. The molecular weight excluding hydrogens is 499 g/mol. The van der Waals surface area contributed by atoms with Gasteiger partial charge in [0.2, 0.25) is 0 Å². The van der Waals surface area contributed by atoms with E-state index in [2.05, 4.69) is 52.7 Å². The molecule has 3 rings (SSSR count). The highest BCUT2D eigenvalue weighted by Crippen LogP contribution is 2.22. The van der Waals surface area contributed by atoms with E-state index in [-0.39, 0.29) is 30.1 Å². The summed E-state index contributed by atoms with van der Waals surface area (Å²) < 4.78 is 11.7. The maximum atomic E-state index is 6.08. The third-order valence-electron chi connectivity index (χ3n) is 4.70. The van der Waals surface area contributed by atoms with E-state index < -0.39 is 0 Å². The summed E-state index contributed by atoms with van der Waals surface area (Å²) in [6, 6.07) is 6.30. The number of aryl methyl sites for hydroxylation is 2. The van der Waals surface area contributed by atoms with Gasteiger partial charge in [0, 0.05) is 36.8 Å². The lowest BCUT2D eigenvalue weighted by atomic mass is 10.1. The summed E-state index contributed by atoms with van der Waals surface area (Å²) >= 11 is 1.73. The lowest BCUT2D eigenvalue weighted by molar-refractivity contribution is 0.0676. The molecule has 2 N–H and O–H groups in total. The van der Waals surface area contributed by atoms with Crippen LogP contribution in [0.1, 0.15) is 40.8 Å². The maximum Gasteiger partial charge on any atom is 0.191 e. The molecular formula is C21H31IN4O2S. The van der Waals surface area contributed by atoms with Crippen LogP contribution in [0.15, 0.2) is 29.4 Å². The molecule has 1 atom stereocenters. The minimum atomic E-state index is 0. The third kappa shape index (κ3) is 7.42. The highest BCUT2D eigenvalue weighted by molar-refractivity contribution is 14.0. The fraction of sp³-hybridized carbons (Fsp3) is 0.524. The summed E-state index contributed by atoms with van der Waals surface area (Å²) in [5.74, 6) is 1.66. The monoisotopic (exact) mass is 530 g/mol. The Balaban J connectivity index is 0.00000300. The number of halogens is 1. The van der Waals surface area contributed by atoms with Gasteiger partial charge in [-0.3, -0.25) is 4.99 Å². The maximum absolute atomic E-state index is 6.08. The van der Waals surface area contributed by atoms with Crippen LogP contribution in [-0.4, -0.2) is 37.3 Å². The third-order valence-corrected chi connectivity index (χ3v) is 5.84. The molecule has 0 bridgehead atoms. The van der Waals surface area contributed by atoms with Gasteiger partial charge in [0.15, 0.2) is 5.96 Å². The number of benzene rings is 1. The molecule has 1 aliphatic heterocycles. The van der Waals surface area contributed by atoms with Crippen molar-refractivity contribution in [2.45, 2.75) is 52.3 Å². The number of nitrogens with zero attached hydrogens (tertiary/aromatic N) is 2. The van der Waals surface area contributed by atoms with Gasteiger partial charge in [-0.25, -0.2) is 4.98 Å². The zero-order chi connectivity index (χ0) is 19.8. The number of guanidine groups is 1. The van der Waals surface area contributed by atoms with Gasteiger partial charge in [0.05, 0.1) is 12.6 Å². The molecule has 1 saturated heterocycles. The van der Waals surface area contributed by atoms with Crippen molar-refractivity contribution in [2.24, 2.45) is 4.99 Å². The Labute approximate surface area is 194 Å². The fourth-order valence-electron chi connectivity index (χ4n) is 3.05. The molecule has 8 heteroatoms. The molecule has 1 fully saturated rings. The van der Waals surface area contributed by atoms with Crippen LogP contribution in [0.25, 0.3) is 0 Å². The summed E-state index contributed by atoms with van der Waals surface area (Å²) in [6.07, 6.45) is 5.38. The van der Waals surface area contributed by atoms with E-state index in [1.54, 1.807) is 18.4 Å². The van der Waals surface area contributed by atoms with E-state index in [9.17, 15) is 0 Å². The van der Waals surface area contributed by atoms with E-state index in [1.807, 2.05) is 6.20 Å². The Kier molecular flexibility index (Phi) is 10.2. The van der Waals surface area contributed by atoms with Crippen molar-refractivity contribution in [1.29, 1.82) is 0 Å². The first-order chi connectivity index (χ1) is 13.7. The molecule has 0 saturated carbocycles. The number of hydrogen-bond acceptors (Lipinski definition) is 5. The highest BCUT2D eigenvalue weighted by atomic mass is 127. The minimum Gasteiger partial charge on any atom is -0.491 e. The Morgan fingerprint density at radius 2 is 2.17 bits per heavy atom. The van der Waals surface area contributed by atoms with Crippen molar-refractivity contribution in [2.75, 3.05) is 20.3 Å². The topological polar surface area (TPSA) is 67.8 Å².